The third-order valence-electron chi connectivity index (χ3n) is 5.07. The molecule has 0 aliphatic heterocycles. The summed E-state index contributed by atoms with van der Waals surface area (Å²) < 4.78 is 5.41. The zero-order valence-corrected chi connectivity index (χ0v) is 20.8. The second-order valence-corrected chi connectivity index (χ2v) is 9.66. The highest BCUT2D eigenvalue weighted by Gasteiger charge is 2.19. The van der Waals surface area contributed by atoms with Gasteiger partial charge in [0.25, 0.3) is 0 Å². The van der Waals surface area contributed by atoms with Crippen LogP contribution in [0.25, 0.3) is 21.7 Å². The van der Waals surface area contributed by atoms with Crippen LogP contribution in [0.2, 0.25) is 5.02 Å². The number of aromatic nitrogens is 1. The first-order valence-electron chi connectivity index (χ1n) is 10.5. The minimum Gasteiger partial charge on any atom is -0.491 e. The lowest BCUT2D eigenvalue weighted by molar-refractivity contribution is 0.201. The fourth-order valence-corrected chi connectivity index (χ4v) is 5.45. The quantitative estimate of drug-likeness (QED) is 0.213. The van der Waals surface area contributed by atoms with E-state index in [-0.39, 0.29) is 18.8 Å². The number of hydrogen-bond donors (Lipinski definition) is 2. The molecule has 0 bridgehead atoms. The van der Waals surface area contributed by atoms with Crippen LogP contribution >= 0.6 is 34.7 Å². The molecule has 0 aliphatic rings. The second kappa shape index (κ2) is 11.3. The van der Waals surface area contributed by atoms with Crippen molar-refractivity contribution in [1.29, 1.82) is 10.5 Å². The summed E-state index contributed by atoms with van der Waals surface area (Å²) in [6.07, 6.45) is 0. The number of aliphatic hydroxyl groups is 1. The van der Waals surface area contributed by atoms with Crippen molar-refractivity contribution in [3.63, 3.8) is 0 Å². The highest BCUT2D eigenvalue weighted by Crippen LogP contribution is 2.39. The Balaban J connectivity index is 1.63. The van der Waals surface area contributed by atoms with Crippen LogP contribution in [0.3, 0.4) is 0 Å². The highest BCUT2D eigenvalue weighted by molar-refractivity contribution is 7.98. The van der Waals surface area contributed by atoms with Gasteiger partial charge >= 0.3 is 0 Å². The van der Waals surface area contributed by atoms with Gasteiger partial charge in [-0.1, -0.05) is 35.9 Å². The van der Waals surface area contributed by atoms with E-state index in [1.54, 1.807) is 41.7 Å². The van der Waals surface area contributed by atoms with Crippen molar-refractivity contribution in [2.24, 2.45) is 0 Å². The third kappa shape index (κ3) is 5.59. The van der Waals surface area contributed by atoms with Gasteiger partial charge in [0.1, 0.15) is 29.5 Å². The molecule has 4 aromatic rings. The summed E-state index contributed by atoms with van der Waals surface area (Å²) in [6.45, 7) is 0.0938. The molecule has 9 heteroatoms. The molecular formula is C26H19ClN4O2S2. The van der Waals surface area contributed by atoms with E-state index in [0.717, 1.165) is 16.3 Å². The summed E-state index contributed by atoms with van der Waals surface area (Å²) in [5.74, 6) is 1.12. The lowest BCUT2D eigenvalue weighted by Crippen LogP contribution is -2.02. The first-order chi connectivity index (χ1) is 17.0. The number of thioether (sulfide) groups is 1. The van der Waals surface area contributed by atoms with E-state index >= 15 is 0 Å². The fraction of sp³-hybridized carbons (Fsp3) is 0.115. The van der Waals surface area contributed by atoms with Gasteiger partial charge in [-0.05, 0) is 35.9 Å². The maximum absolute atomic E-state index is 10.0. The topological polar surface area (TPSA) is 116 Å². The van der Waals surface area contributed by atoms with Gasteiger partial charge in [0.05, 0.1) is 29.1 Å². The average molecular weight is 519 g/mol. The van der Waals surface area contributed by atoms with Gasteiger partial charge in [0, 0.05) is 32.2 Å². The molecule has 174 valence electrons. The van der Waals surface area contributed by atoms with E-state index in [0.29, 0.717) is 43.8 Å². The van der Waals surface area contributed by atoms with Crippen molar-refractivity contribution in [3.05, 3.63) is 81.8 Å². The monoisotopic (exact) mass is 518 g/mol. The third-order valence-corrected chi connectivity index (χ3v) is 7.33. The van der Waals surface area contributed by atoms with E-state index in [1.807, 2.05) is 29.6 Å². The number of nitriles is 2. The second-order valence-electron chi connectivity index (χ2n) is 7.35. The van der Waals surface area contributed by atoms with Gasteiger partial charge in [0.15, 0.2) is 0 Å². The maximum Gasteiger partial charge on any atom is 0.123 e. The van der Waals surface area contributed by atoms with Gasteiger partial charge in [-0.25, -0.2) is 4.98 Å². The summed E-state index contributed by atoms with van der Waals surface area (Å²) in [4.78, 5) is 5.39. The molecule has 0 radical (unpaired) electrons. The number of nitrogens with two attached hydrogens (primary N) is 1. The first kappa shape index (κ1) is 24.6. The molecule has 0 saturated heterocycles. The molecule has 0 spiro atoms. The Morgan fingerprint density at radius 3 is 2.37 bits per heavy atom. The Labute approximate surface area is 216 Å². The number of halogens is 1. The van der Waals surface area contributed by atoms with Crippen molar-refractivity contribution < 1.29 is 9.84 Å². The number of aliphatic hydroxyl groups excluding tert-OH is 1. The van der Waals surface area contributed by atoms with Crippen molar-refractivity contribution in [2.45, 2.75) is 10.6 Å². The fourth-order valence-electron chi connectivity index (χ4n) is 3.44. The minimum absolute atomic E-state index is 0.0884. The largest absolute Gasteiger partial charge is 0.491 e. The number of rotatable bonds is 8. The zero-order chi connectivity index (χ0) is 24.8. The Kier molecular flexibility index (Phi) is 7.91. The van der Waals surface area contributed by atoms with Crippen molar-refractivity contribution in [3.8, 4) is 39.6 Å². The standard InChI is InChI=1S/C26H19ClN4O2S2/c27-18-5-1-17(2-6-18)26-31-19(15-35-26)14-34-24-11-23(30)21(12-28)25(22(24)13-29)16-3-7-20(8-4-16)33-10-9-32/h1-8,11,15,32H,9-10,14,30H2. The molecule has 1 aromatic heterocycles. The predicted molar refractivity (Wildman–Crippen MR) is 140 cm³/mol. The molecular weight excluding hydrogens is 500 g/mol. The summed E-state index contributed by atoms with van der Waals surface area (Å²) in [5, 5.41) is 32.3. The summed E-state index contributed by atoms with van der Waals surface area (Å²) >= 11 is 8.97. The van der Waals surface area contributed by atoms with E-state index in [4.69, 9.17) is 32.2 Å². The summed E-state index contributed by atoms with van der Waals surface area (Å²) in [7, 11) is 0. The molecule has 0 aliphatic carbocycles. The van der Waals surface area contributed by atoms with Gasteiger partial charge in [-0.3, -0.25) is 0 Å². The van der Waals surface area contributed by atoms with Gasteiger partial charge in [0.2, 0.25) is 0 Å². The Morgan fingerprint density at radius 1 is 1.03 bits per heavy atom. The first-order valence-corrected chi connectivity index (χ1v) is 12.7. The van der Waals surface area contributed by atoms with Crippen molar-refractivity contribution >= 4 is 40.4 Å². The molecule has 35 heavy (non-hydrogen) atoms. The van der Waals surface area contributed by atoms with Crippen LogP contribution in [0, 0.1) is 22.7 Å². The van der Waals surface area contributed by atoms with Crippen LogP contribution in [0.5, 0.6) is 5.75 Å². The molecule has 0 atom stereocenters. The molecule has 0 saturated carbocycles. The van der Waals surface area contributed by atoms with Crippen LogP contribution in [0.4, 0.5) is 5.69 Å². The number of benzene rings is 3. The Morgan fingerprint density at radius 2 is 1.71 bits per heavy atom. The van der Waals surface area contributed by atoms with Crippen molar-refractivity contribution in [1.82, 2.24) is 4.98 Å². The molecule has 0 amide bonds. The molecule has 1 heterocycles. The van der Waals surface area contributed by atoms with E-state index in [1.165, 1.54) is 11.8 Å². The van der Waals surface area contributed by atoms with Crippen LogP contribution in [-0.2, 0) is 5.75 Å². The smallest absolute Gasteiger partial charge is 0.123 e. The van der Waals surface area contributed by atoms with Gasteiger partial charge in [-0.15, -0.1) is 23.1 Å². The number of hydrogen-bond acceptors (Lipinski definition) is 8. The predicted octanol–water partition coefficient (Wildman–Crippen LogP) is 6.12. The summed E-state index contributed by atoms with van der Waals surface area (Å²) in [6, 6.07) is 20.6. The molecule has 6 nitrogen and oxygen atoms in total. The van der Waals surface area contributed by atoms with Crippen LogP contribution in [0.15, 0.2) is 64.9 Å². The lowest BCUT2D eigenvalue weighted by atomic mass is 9.94. The van der Waals surface area contributed by atoms with Gasteiger partial charge in [-0.2, -0.15) is 10.5 Å². The summed E-state index contributed by atoms with van der Waals surface area (Å²) in [5.41, 5.74) is 10.2. The van der Waals surface area contributed by atoms with Crippen LogP contribution in [-0.4, -0.2) is 23.3 Å². The number of thiazole rings is 1. The van der Waals surface area contributed by atoms with E-state index in [9.17, 15) is 10.5 Å². The molecule has 0 unspecified atom stereocenters. The maximum atomic E-state index is 10.0. The molecule has 3 N–H and O–H groups in total. The number of anilines is 1. The SMILES string of the molecule is N#Cc1c(N)cc(SCc2csc(-c3ccc(Cl)cc3)n2)c(C#N)c1-c1ccc(OCCO)cc1. The Bertz CT molecular complexity index is 1420. The lowest BCUT2D eigenvalue weighted by Gasteiger charge is -2.14. The van der Waals surface area contributed by atoms with Crippen molar-refractivity contribution in [2.75, 3.05) is 18.9 Å². The molecule has 0 fully saturated rings. The number of nitrogen functional groups attached to an aromatic ring is 1. The average Bonchev–Trinajstić information content (AvgIpc) is 3.35. The van der Waals surface area contributed by atoms with Crippen LogP contribution < -0.4 is 10.5 Å². The highest BCUT2D eigenvalue weighted by atomic mass is 35.5. The number of ether oxygens (including phenoxy) is 1. The zero-order valence-electron chi connectivity index (χ0n) is 18.4. The van der Waals surface area contributed by atoms with Crippen LogP contribution in [0.1, 0.15) is 16.8 Å². The number of nitrogens with zero attached hydrogens (tertiary/aromatic N) is 3. The Hall–Kier alpha value is -3.53. The van der Waals surface area contributed by atoms with Gasteiger partial charge < -0.3 is 15.6 Å². The molecule has 3 aromatic carbocycles. The molecule has 4 rings (SSSR count). The van der Waals surface area contributed by atoms with E-state index in [2.05, 4.69) is 12.1 Å². The normalized spacial score (nSPS) is 10.5. The van der Waals surface area contributed by atoms with E-state index < -0.39 is 0 Å². The minimum atomic E-state index is -0.0884.